The molecule has 1 aromatic heterocycles. The molecule has 0 aromatic carbocycles. The summed E-state index contributed by atoms with van der Waals surface area (Å²) in [4.78, 5) is 19.3. The molecule has 2 atom stereocenters. The molecule has 1 N–H and O–H groups in total. The molecule has 1 aliphatic heterocycles. The molecular formula is C20H33N3O. The van der Waals surface area contributed by atoms with Gasteiger partial charge in [-0.2, -0.15) is 0 Å². The minimum Gasteiger partial charge on any atom is -0.310 e. The van der Waals surface area contributed by atoms with Crippen molar-refractivity contribution in [2.75, 3.05) is 18.4 Å². The summed E-state index contributed by atoms with van der Waals surface area (Å²) in [5, 5.41) is 2.99. The maximum Gasteiger partial charge on any atom is 0.231 e. The lowest BCUT2D eigenvalue weighted by Gasteiger charge is -2.35. The van der Waals surface area contributed by atoms with Gasteiger partial charge in [0.2, 0.25) is 5.91 Å². The van der Waals surface area contributed by atoms with E-state index in [-0.39, 0.29) is 11.3 Å². The van der Waals surface area contributed by atoms with Crippen LogP contribution < -0.4 is 5.32 Å². The molecule has 1 aromatic rings. The van der Waals surface area contributed by atoms with Crippen molar-refractivity contribution in [3.05, 3.63) is 23.4 Å². The van der Waals surface area contributed by atoms with E-state index in [2.05, 4.69) is 36.0 Å². The smallest absolute Gasteiger partial charge is 0.231 e. The lowest BCUT2D eigenvalue weighted by atomic mass is 9.89. The maximum absolute atomic E-state index is 12.4. The first kappa shape index (κ1) is 18.9. The summed E-state index contributed by atoms with van der Waals surface area (Å²) in [6.07, 6.45) is 4.00. The van der Waals surface area contributed by atoms with E-state index in [9.17, 15) is 4.79 Å². The molecule has 1 aliphatic rings. The van der Waals surface area contributed by atoms with Crippen molar-refractivity contribution >= 4 is 11.7 Å². The first-order valence-corrected chi connectivity index (χ1v) is 9.20. The summed E-state index contributed by atoms with van der Waals surface area (Å²) in [5.41, 5.74) is 2.08. The Morgan fingerprint density at radius 2 is 1.96 bits per heavy atom. The summed E-state index contributed by atoms with van der Waals surface area (Å²) in [6, 6.07) is 2.04. The van der Waals surface area contributed by atoms with Gasteiger partial charge in [-0.05, 0) is 48.8 Å². The first-order chi connectivity index (χ1) is 11.2. The highest BCUT2D eigenvalue weighted by molar-refractivity contribution is 5.94. The molecular weight excluding hydrogens is 298 g/mol. The van der Waals surface area contributed by atoms with Crippen LogP contribution >= 0.6 is 0 Å². The van der Waals surface area contributed by atoms with Gasteiger partial charge in [0.1, 0.15) is 5.82 Å². The van der Waals surface area contributed by atoms with E-state index in [1.165, 1.54) is 17.5 Å². The number of rotatable bonds is 5. The van der Waals surface area contributed by atoms with E-state index in [1.54, 1.807) is 0 Å². The van der Waals surface area contributed by atoms with Crippen molar-refractivity contribution < 1.29 is 4.79 Å². The standard InChI is InChI=1S/C20H33N3O/c1-7-20(5,6)19(24)22-18-9-17(16(4)10-21-18)13-23-11-14(2)8-15(3)12-23/h9-10,14-15H,7-8,11-13H2,1-6H3,(H,21,22,24). The fourth-order valence-electron chi connectivity index (χ4n) is 3.41. The predicted octanol–water partition coefficient (Wildman–Crippen LogP) is 4.24. The Hall–Kier alpha value is -1.42. The van der Waals surface area contributed by atoms with Gasteiger partial charge in [-0.25, -0.2) is 4.98 Å². The van der Waals surface area contributed by atoms with E-state index in [4.69, 9.17) is 0 Å². The summed E-state index contributed by atoms with van der Waals surface area (Å²) >= 11 is 0. The number of amides is 1. The Balaban J connectivity index is 2.10. The van der Waals surface area contributed by atoms with Crippen molar-refractivity contribution in [3.63, 3.8) is 0 Å². The van der Waals surface area contributed by atoms with Crippen LogP contribution in [0.1, 0.15) is 58.6 Å². The van der Waals surface area contributed by atoms with Gasteiger partial charge in [0, 0.05) is 31.2 Å². The Kier molecular flexibility index (Phi) is 6.02. The number of pyridine rings is 1. The molecule has 1 amide bonds. The number of piperidine rings is 1. The molecule has 0 radical (unpaired) electrons. The van der Waals surface area contributed by atoms with Crippen LogP contribution in [-0.4, -0.2) is 28.9 Å². The van der Waals surface area contributed by atoms with E-state index in [1.807, 2.05) is 33.0 Å². The number of nitrogens with one attached hydrogen (secondary N) is 1. The van der Waals surface area contributed by atoms with Gasteiger partial charge >= 0.3 is 0 Å². The van der Waals surface area contributed by atoms with Crippen LogP contribution in [0.2, 0.25) is 0 Å². The van der Waals surface area contributed by atoms with Gasteiger partial charge in [-0.1, -0.05) is 34.6 Å². The second kappa shape index (κ2) is 7.64. The lowest BCUT2D eigenvalue weighted by Crippen LogP contribution is -2.38. The summed E-state index contributed by atoms with van der Waals surface area (Å²) in [6.45, 7) is 16.0. The average molecular weight is 332 g/mol. The van der Waals surface area contributed by atoms with Crippen LogP contribution in [0.3, 0.4) is 0 Å². The zero-order valence-electron chi connectivity index (χ0n) is 16.1. The Morgan fingerprint density at radius 3 is 2.54 bits per heavy atom. The van der Waals surface area contributed by atoms with Gasteiger partial charge in [0.25, 0.3) is 0 Å². The highest BCUT2D eigenvalue weighted by Crippen LogP contribution is 2.25. The quantitative estimate of drug-likeness (QED) is 0.877. The molecule has 4 nitrogen and oxygen atoms in total. The number of hydrogen-bond donors (Lipinski definition) is 1. The number of anilines is 1. The topological polar surface area (TPSA) is 45.2 Å². The zero-order chi connectivity index (χ0) is 17.9. The largest absolute Gasteiger partial charge is 0.310 e. The molecule has 0 bridgehead atoms. The lowest BCUT2D eigenvalue weighted by molar-refractivity contribution is -0.124. The van der Waals surface area contributed by atoms with Crippen molar-refractivity contribution in [2.45, 2.75) is 60.9 Å². The fraction of sp³-hybridized carbons (Fsp3) is 0.700. The molecule has 2 unspecified atom stereocenters. The SMILES string of the molecule is CCC(C)(C)C(=O)Nc1cc(CN2CC(C)CC(C)C2)c(C)cn1. The van der Waals surface area contributed by atoms with Crippen LogP contribution in [0, 0.1) is 24.2 Å². The molecule has 1 fully saturated rings. The third kappa shape index (κ3) is 4.79. The molecule has 24 heavy (non-hydrogen) atoms. The molecule has 134 valence electrons. The van der Waals surface area contributed by atoms with Crippen molar-refractivity contribution in [3.8, 4) is 0 Å². The van der Waals surface area contributed by atoms with E-state index < -0.39 is 0 Å². The molecule has 0 aliphatic carbocycles. The number of carbonyl (C=O) groups is 1. The van der Waals surface area contributed by atoms with E-state index in [0.717, 1.165) is 37.9 Å². The molecule has 0 spiro atoms. The normalized spacial score (nSPS) is 22.4. The number of nitrogens with zero attached hydrogens (tertiary/aromatic N) is 2. The Morgan fingerprint density at radius 1 is 1.33 bits per heavy atom. The third-order valence-electron chi connectivity index (χ3n) is 5.29. The van der Waals surface area contributed by atoms with Crippen molar-refractivity contribution in [1.82, 2.24) is 9.88 Å². The maximum atomic E-state index is 12.4. The van der Waals surface area contributed by atoms with Crippen molar-refractivity contribution in [1.29, 1.82) is 0 Å². The van der Waals surface area contributed by atoms with Gasteiger partial charge in [0.05, 0.1) is 0 Å². The number of carbonyl (C=O) groups excluding carboxylic acids is 1. The monoisotopic (exact) mass is 331 g/mol. The van der Waals surface area contributed by atoms with Gasteiger partial charge in [-0.15, -0.1) is 0 Å². The number of likely N-dealkylation sites (tertiary alicyclic amines) is 1. The predicted molar refractivity (Wildman–Crippen MR) is 99.9 cm³/mol. The van der Waals surface area contributed by atoms with Crippen LogP contribution in [0.4, 0.5) is 5.82 Å². The molecule has 1 saturated heterocycles. The molecule has 2 rings (SSSR count). The van der Waals surface area contributed by atoms with Crippen LogP contribution in [-0.2, 0) is 11.3 Å². The second-order valence-electron chi connectivity index (χ2n) is 8.33. The Labute approximate surface area is 147 Å². The van der Waals surface area contributed by atoms with Gasteiger partial charge in [0.15, 0.2) is 0 Å². The first-order valence-electron chi connectivity index (χ1n) is 9.20. The zero-order valence-corrected chi connectivity index (χ0v) is 16.1. The minimum atomic E-state index is -0.371. The van der Waals surface area contributed by atoms with Gasteiger partial charge in [-0.3, -0.25) is 9.69 Å². The van der Waals surface area contributed by atoms with Crippen molar-refractivity contribution in [2.24, 2.45) is 17.3 Å². The van der Waals surface area contributed by atoms with Crippen LogP contribution in [0.5, 0.6) is 0 Å². The summed E-state index contributed by atoms with van der Waals surface area (Å²) < 4.78 is 0. The molecule has 4 heteroatoms. The molecule has 2 heterocycles. The third-order valence-corrected chi connectivity index (χ3v) is 5.29. The summed E-state index contributed by atoms with van der Waals surface area (Å²) in [7, 11) is 0. The fourth-order valence-corrected chi connectivity index (χ4v) is 3.41. The average Bonchev–Trinajstić information content (AvgIpc) is 2.49. The second-order valence-corrected chi connectivity index (χ2v) is 8.33. The highest BCUT2D eigenvalue weighted by Gasteiger charge is 2.26. The molecule has 0 saturated carbocycles. The highest BCUT2D eigenvalue weighted by atomic mass is 16.2. The number of hydrogen-bond acceptors (Lipinski definition) is 3. The summed E-state index contributed by atoms with van der Waals surface area (Å²) in [5.74, 6) is 2.20. The number of aryl methyl sites for hydroxylation is 1. The Bertz CT molecular complexity index is 572. The van der Waals surface area contributed by atoms with E-state index in [0.29, 0.717) is 5.82 Å². The van der Waals surface area contributed by atoms with Crippen LogP contribution in [0.15, 0.2) is 12.3 Å². The van der Waals surface area contributed by atoms with Gasteiger partial charge < -0.3 is 5.32 Å². The minimum absolute atomic E-state index is 0.0347. The van der Waals surface area contributed by atoms with Crippen LogP contribution in [0.25, 0.3) is 0 Å². The van der Waals surface area contributed by atoms with E-state index >= 15 is 0 Å². The number of aromatic nitrogens is 1.